The molecule has 0 fully saturated rings. The molecule has 26 heavy (non-hydrogen) atoms. The summed E-state index contributed by atoms with van der Waals surface area (Å²) in [6.45, 7) is 2.99. The van der Waals surface area contributed by atoms with Crippen LogP contribution in [0.1, 0.15) is 76.7 Å². The third-order valence-corrected chi connectivity index (χ3v) is 4.46. The van der Waals surface area contributed by atoms with E-state index in [-0.39, 0.29) is 0 Å². The maximum atomic E-state index is 10.2. The van der Waals surface area contributed by atoms with Crippen LogP contribution in [-0.4, -0.2) is 24.5 Å². The zero-order valence-corrected chi connectivity index (χ0v) is 16.2. The molecule has 0 unspecified atom stereocenters. The van der Waals surface area contributed by atoms with Gasteiger partial charge in [0.1, 0.15) is 5.75 Å². The number of anilines is 1. The fourth-order valence-corrected chi connectivity index (χ4v) is 3.06. The second-order valence-corrected chi connectivity index (χ2v) is 6.70. The lowest BCUT2D eigenvalue weighted by Gasteiger charge is -2.11. The topological polar surface area (TPSA) is 81.8 Å². The van der Waals surface area contributed by atoms with Gasteiger partial charge >= 0.3 is 6.16 Å². The van der Waals surface area contributed by atoms with Gasteiger partial charge in [-0.05, 0) is 37.8 Å². The van der Waals surface area contributed by atoms with Crippen LogP contribution >= 0.6 is 0 Å². The van der Waals surface area contributed by atoms with Gasteiger partial charge in [-0.25, -0.2) is 4.79 Å². The molecule has 1 aromatic carbocycles. The maximum absolute atomic E-state index is 10.2. The highest BCUT2D eigenvalue weighted by molar-refractivity contribution is 5.56. The van der Waals surface area contributed by atoms with Gasteiger partial charge in [0.2, 0.25) is 0 Å². The number of ether oxygens (including phenoxy) is 2. The first-order valence-electron chi connectivity index (χ1n) is 10.0. The minimum absolute atomic E-state index is 0.328. The smallest absolute Gasteiger partial charge is 0.494 e. The van der Waals surface area contributed by atoms with E-state index in [1.807, 2.05) is 19.1 Å². The molecule has 0 atom stereocenters. The second kappa shape index (κ2) is 14.3. The van der Waals surface area contributed by atoms with E-state index < -0.39 is 6.16 Å². The number of nitrogens with two attached hydrogens (primary N) is 1. The first-order chi connectivity index (χ1) is 12.6. The van der Waals surface area contributed by atoms with Gasteiger partial charge in [0.05, 0.1) is 13.2 Å². The average molecular weight is 366 g/mol. The summed E-state index contributed by atoms with van der Waals surface area (Å²) in [5, 5.41) is 8.35. The van der Waals surface area contributed by atoms with Gasteiger partial charge in [-0.1, -0.05) is 57.4 Å². The molecular weight excluding hydrogens is 330 g/mol. The first-order valence-corrected chi connectivity index (χ1v) is 10.0. The fraction of sp³-hybridized carbons (Fsp3) is 0.667. The number of rotatable bonds is 15. The highest BCUT2D eigenvalue weighted by atomic mass is 16.7. The summed E-state index contributed by atoms with van der Waals surface area (Å²) in [5.41, 5.74) is 7.84. The van der Waals surface area contributed by atoms with E-state index in [2.05, 4.69) is 10.8 Å². The van der Waals surface area contributed by atoms with Crippen molar-refractivity contribution in [1.29, 1.82) is 0 Å². The molecule has 1 rings (SSSR count). The summed E-state index contributed by atoms with van der Waals surface area (Å²) in [6.07, 6.45) is 11.7. The normalized spacial score (nSPS) is 10.7. The molecular formula is C21H35NO4. The number of hydrogen-bond donors (Lipinski definition) is 2. The Morgan fingerprint density at radius 2 is 1.54 bits per heavy atom. The van der Waals surface area contributed by atoms with E-state index in [0.717, 1.165) is 30.7 Å². The van der Waals surface area contributed by atoms with Crippen molar-refractivity contribution in [3.63, 3.8) is 0 Å². The summed E-state index contributed by atoms with van der Waals surface area (Å²) >= 11 is 0. The Kier molecular flexibility index (Phi) is 12.2. The van der Waals surface area contributed by atoms with E-state index >= 15 is 0 Å². The molecule has 0 amide bonds. The molecule has 0 heterocycles. The molecule has 5 heteroatoms. The standard InChI is InChI=1S/C21H35NO4/c1-2-25-20-17-19(22)15-14-18(20)13-11-9-7-5-3-4-6-8-10-12-16-26-21(23)24/h14-15,17H,2-13,16,22H2,1H3,(H,23,24). The second-order valence-electron chi connectivity index (χ2n) is 6.70. The highest BCUT2D eigenvalue weighted by Crippen LogP contribution is 2.24. The monoisotopic (exact) mass is 365 g/mol. The predicted molar refractivity (Wildman–Crippen MR) is 106 cm³/mol. The Balaban J connectivity index is 1.96. The van der Waals surface area contributed by atoms with E-state index in [4.69, 9.17) is 15.6 Å². The van der Waals surface area contributed by atoms with E-state index in [0.29, 0.717) is 13.2 Å². The molecule has 3 N–H and O–H groups in total. The molecule has 1 aromatic rings. The van der Waals surface area contributed by atoms with Crippen LogP contribution in [0.15, 0.2) is 18.2 Å². The average Bonchev–Trinajstić information content (AvgIpc) is 2.60. The van der Waals surface area contributed by atoms with Crippen LogP contribution in [0.2, 0.25) is 0 Å². The summed E-state index contributed by atoms with van der Waals surface area (Å²) in [4.78, 5) is 10.2. The van der Waals surface area contributed by atoms with Gasteiger partial charge in [0, 0.05) is 11.8 Å². The minimum Gasteiger partial charge on any atom is -0.494 e. The van der Waals surface area contributed by atoms with Crippen LogP contribution in [-0.2, 0) is 11.2 Å². The van der Waals surface area contributed by atoms with Crippen LogP contribution in [0, 0.1) is 0 Å². The fourth-order valence-electron chi connectivity index (χ4n) is 3.06. The van der Waals surface area contributed by atoms with Crippen molar-refractivity contribution in [1.82, 2.24) is 0 Å². The van der Waals surface area contributed by atoms with Crippen molar-refractivity contribution in [3.8, 4) is 5.75 Å². The van der Waals surface area contributed by atoms with Crippen molar-refractivity contribution in [2.75, 3.05) is 18.9 Å². The van der Waals surface area contributed by atoms with Crippen LogP contribution < -0.4 is 10.5 Å². The molecule has 0 spiro atoms. The van der Waals surface area contributed by atoms with Gasteiger partial charge in [-0.15, -0.1) is 0 Å². The molecule has 5 nitrogen and oxygen atoms in total. The van der Waals surface area contributed by atoms with Gasteiger partial charge in [-0.2, -0.15) is 0 Å². The number of hydrogen-bond acceptors (Lipinski definition) is 4. The quantitative estimate of drug-likeness (QED) is 0.233. The minimum atomic E-state index is -1.17. The third-order valence-electron chi connectivity index (χ3n) is 4.46. The predicted octanol–water partition coefficient (Wildman–Crippen LogP) is 5.81. The third kappa shape index (κ3) is 10.9. The molecule has 0 aliphatic rings. The molecule has 0 bridgehead atoms. The van der Waals surface area contributed by atoms with Crippen molar-refractivity contribution in [2.45, 2.75) is 77.6 Å². The van der Waals surface area contributed by atoms with Gasteiger partial charge in [-0.3, -0.25) is 0 Å². The van der Waals surface area contributed by atoms with Gasteiger partial charge in [0.25, 0.3) is 0 Å². The Morgan fingerprint density at radius 3 is 2.12 bits per heavy atom. The lowest BCUT2D eigenvalue weighted by molar-refractivity contribution is 0.0899. The summed E-state index contributed by atoms with van der Waals surface area (Å²) < 4.78 is 10.2. The van der Waals surface area contributed by atoms with Crippen LogP contribution in [0.5, 0.6) is 5.75 Å². The number of carbonyl (C=O) groups is 1. The highest BCUT2D eigenvalue weighted by Gasteiger charge is 2.04. The van der Waals surface area contributed by atoms with E-state index in [9.17, 15) is 4.79 Å². The number of benzene rings is 1. The zero-order chi connectivity index (χ0) is 19.0. The van der Waals surface area contributed by atoms with Gasteiger partial charge in [0.15, 0.2) is 0 Å². The lowest BCUT2D eigenvalue weighted by Crippen LogP contribution is -2.01. The number of unbranched alkanes of at least 4 members (excludes halogenated alkanes) is 9. The number of nitrogen functional groups attached to an aromatic ring is 1. The van der Waals surface area contributed by atoms with Crippen LogP contribution in [0.3, 0.4) is 0 Å². The van der Waals surface area contributed by atoms with Crippen molar-refractivity contribution < 1.29 is 19.4 Å². The molecule has 0 radical (unpaired) electrons. The molecule has 0 aromatic heterocycles. The van der Waals surface area contributed by atoms with Crippen molar-refractivity contribution >= 4 is 11.8 Å². The van der Waals surface area contributed by atoms with Gasteiger partial charge < -0.3 is 20.3 Å². The first kappa shape index (κ1) is 22.1. The molecule has 0 aliphatic carbocycles. The lowest BCUT2D eigenvalue weighted by atomic mass is 10.0. The Hall–Kier alpha value is -1.91. The SMILES string of the molecule is CCOc1cc(N)ccc1CCCCCCCCCCCCOC(=O)O. The summed E-state index contributed by atoms with van der Waals surface area (Å²) in [5.74, 6) is 0.932. The van der Waals surface area contributed by atoms with Crippen molar-refractivity contribution in [3.05, 3.63) is 23.8 Å². The van der Waals surface area contributed by atoms with E-state index in [1.165, 1.54) is 56.9 Å². The summed E-state index contributed by atoms with van der Waals surface area (Å²) in [7, 11) is 0. The zero-order valence-electron chi connectivity index (χ0n) is 16.2. The Morgan fingerprint density at radius 1 is 0.962 bits per heavy atom. The number of aryl methyl sites for hydroxylation is 1. The van der Waals surface area contributed by atoms with Crippen molar-refractivity contribution in [2.24, 2.45) is 0 Å². The largest absolute Gasteiger partial charge is 0.505 e. The number of carboxylic acid groups (broad SMARTS) is 1. The molecule has 0 aliphatic heterocycles. The van der Waals surface area contributed by atoms with Crippen LogP contribution in [0.4, 0.5) is 10.5 Å². The maximum Gasteiger partial charge on any atom is 0.505 e. The summed E-state index contributed by atoms with van der Waals surface area (Å²) in [6, 6.07) is 5.96. The Labute approximate surface area is 157 Å². The molecule has 148 valence electrons. The molecule has 0 saturated carbocycles. The van der Waals surface area contributed by atoms with E-state index in [1.54, 1.807) is 0 Å². The van der Waals surface area contributed by atoms with Crippen LogP contribution in [0.25, 0.3) is 0 Å². The molecule has 0 saturated heterocycles. The Bertz CT molecular complexity index is 505.